The van der Waals surface area contributed by atoms with Gasteiger partial charge in [0.2, 0.25) is 11.8 Å². The number of thioether (sulfide) groups is 1. The molecule has 1 N–H and O–H groups in total. The maximum absolute atomic E-state index is 12.7. The molecule has 1 aliphatic rings. The SMILES string of the molecule is CSCc1ccc(NC(=O)C2CCN(c3ccccc3Br)C2=O)cc1. The van der Waals surface area contributed by atoms with E-state index in [0.29, 0.717) is 13.0 Å². The smallest absolute Gasteiger partial charge is 0.239 e. The normalized spacial score (nSPS) is 17.0. The van der Waals surface area contributed by atoms with Crippen LogP contribution in [0, 0.1) is 5.92 Å². The molecule has 130 valence electrons. The van der Waals surface area contributed by atoms with E-state index in [-0.39, 0.29) is 11.8 Å². The van der Waals surface area contributed by atoms with Gasteiger partial charge < -0.3 is 10.2 Å². The summed E-state index contributed by atoms with van der Waals surface area (Å²) in [6.07, 6.45) is 2.58. The van der Waals surface area contributed by atoms with E-state index in [0.717, 1.165) is 21.6 Å². The van der Waals surface area contributed by atoms with Crippen molar-refractivity contribution in [3.63, 3.8) is 0 Å². The van der Waals surface area contributed by atoms with Gasteiger partial charge in [0.05, 0.1) is 5.69 Å². The fraction of sp³-hybridized carbons (Fsp3) is 0.263. The third-order valence-corrected chi connectivity index (χ3v) is 5.49. The Morgan fingerprint density at radius 1 is 1.24 bits per heavy atom. The van der Waals surface area contributed by atoms with Crippen LogP contribution >= 0.6 is 27.7 Å². The molecule has 1 fully saturated rings. The summed E-state index contributed by atoms with van der Waals surface area (Å²) in [7, 11) is 0. The lowest BCUT2D eigenvalue weighted by atomic mass is 10.1. The molecule has 1 unspecified atom stereocenters. The molecule has 1 atom stereocenters. The van der Waals surface area contributed by atoms with Crippen LogP contribution in [0.4, 0.5) is 11.4 Å². The van der Waals surface area contributed by atoms with E-state index >= 15 is 0 Å². The minimum absolute atomic E-state index is 0.150. The number of para-hydroxylation sites is 1. The molecule has 1 heterocycles. The zero-order valence-electron chi connectivity index (χ0n) is 13.9. The van der Waals surface area contributed by atoms with Gasteiger partial charge in [0, 0.05) is 22.5 Å². The first-order chi connectivity index (χ1) is 12.1. The van der Waals surface area contributed by atoms with Crippen LogP contribution < -0.4 is 10.2 Å². The van der Waals surface area contributed by atoms with Crippen molar-refractivity contribution in [2.45, 2.75) is 12.2 Å². The lowest BCUT2D eigenvalue weighted by Crippen LogP contribution is -2.33. The molecule has 0 bridgehead atoms. The molecule has 4 nitrogen and oxygen atoms in total. The second-order valence-electron chi connectivity index (χ2n) is 5.90. The Labute approximate surface area is 160 Å². The van der Waals surface area contributed by atoms with Crippen molar-refractivity contribution >= 4 is 50.9 Å². The van der Waals surface area contributed by atoms with Crippen LogP contribution in [0.15, 0.2) is 53.0 Å². The minimum atomic E-state index is -0.641. The summed E-state index contributed by atoms with van der Waals surface area (Å²) in [4.78, 5) is 26.9. The first-order valence-corrected chi connectivity index (χ1v) is 10.2. The Balaban J connectivity index is 1.67. The molecule has 1 aliphatic heterocycles. The minimum Gasteiger partial charge on any atom is -0.325 e. The zero-order chi connectivity index (χ0) is 17.8. The van der Waals surface area contributed by atoms with Crippen LogP contribution in [0.25, 0.3) is 0 Å². The zero-order valence-corrected chi connectivity index (χ0v) is 16.3. The third-order valence-electron chi connectivity index (χ3n) is 4.20. The van der Waals surface area contributed by atoms with Crippen LogP contribution in [0.1, 0.15) is 12.0 Å². The summed E-state index contributed by atoms with van der Waals surface area (Å²) in [6.45, 7) is 0.548. The van der Waals surface area contributed by atoms with E-state index in [9.17, 15) is 9.59 Å². The molecule has 0 spiro atoms. The number of nitrogens with zero attached hydrogens (tertiary/aromatic N) is 1. The standard InChI is InChI=1S/C19H19BrN2O2S/c1-25-12-13-6-8-14(9-7-13)21-18(23)15-10-11-22(19(15)24)17-5-3-2-4-16(17)20/h2-9,15H,10-12H2,1H3,(H,21,23). The summed E-state index contributed by atoms with van der Waals surface area (Å²) < 4.78 is 0.855. The van der Waals surface area contributed by atoms with Crippen LogP contribution in [0.2, 0.25) is 0 Å². The highest BCUT2D eigenvalue weighted by molar-refractivity contribution is 9.10. The summed E-state index contributed by atoms with van der Waals surface area (Å²) in [5.41, 5.74) is 2.74. The van der Waals surface area contributed by atoms with Gasteiger partial charge in [0.15, 0.2) is 0 Å². The Morgan fingerprint density at radius 3 is 2.64 bits per heavy atom. The van der Waals surface area contributed by atoms with Crippen LogP contribution in [0.5, 0.6) is 0 Å². The highest BCUT2D eigenvalue weighted by atomic mass is 79.9. The van der Waals surface area contributed by atoms with Gasteiger partial charge in [-0.15, -0.1) is 0 Å². The van der Waals surface area contributed by atoms with Gasteiger partial charge in [-0.05, 0) is 58.4 Å². The number of nitrogens with one attached hydrogen (secondary N) is 1. The Morgan fingerprint density at radius 2 is 1.96 bits per heavy atom. The fourth-order valence-corrected chi connectivity index (χ4v) is 3.94. The van der Waals surface area contributed by atoms with E-state index < -0.39 is 5.92 Å². The number of carbonyl (C=O) groups is 2. The van der Waals surface area contributed by atoms with Gasteiger partial charge in [-0.2, -0.15) is 11.8 Å². The Kier molecular flexibility index (Phi) is 5.81. The first kappa shape index (κ1) is 18.0. The van der Waals surface area contributed by atoms with Crippen molar-refractivity contribution in [2.24, 2.45) is 5.92 Å². The molecule has 6 heteroatoms. The molecule has 2 amide bonds. The maximum atomic E-state index is 12.7. The number of rotatable bonds is 5. The number of hydrogen-bond acceptors (Lipinski definition) is 3. The fourth-order valence-electron chi connectivity index (χ4n) is 2.91. The van der Waals surface area contributed by atoms with Crippen LogP contribution in [-0.4, -0.2) is 24.6 Å². The predicted molar refractivity (Wildman–Crippen MR) is 107 cm³/mol. The van der Waals surface area contributed by atoms with E-state index in [4.69, 9.17) is 0 Å². The van der Waals surface area contributed by atoms with Gasteiger partial charge in [-0.25, -0.2) is 0 Å². The van der Waals surface area contributed by atoms with Gasteiger partial charge in [0.1, 0.15) is 5.92 Å². The van der Waals surface area contributed by atoms with E-state index in [1.165, 1.54) is 5.56 Å². The molecular formula is C19H19BrN2O2S. The van der Waals surface area contributed by atoms with E-state index in [1.807, 2.05) is 48.5 Å². The molecule has 2 aromatic rings. The second kappa shape index (κ2) is 8.06. The van der Waals surface area contributed by atoms with Crippen molar-refractivity contribution in [1.29, 1.82) is 0 Å². The number of halogens is 1. The van der Waals surface area contributed by atoms with Crippen molar-refractivity contribution in [1.82, 2.24) is 0 Å². The molecule has 0 saturated carbocycles. The Hall–Kier alpha value is -1.79. The first-order valence-electron chi connectivity index (χ1n) is 8.05. The van der Waals surface area contributed by atoms with Gasteiger partial charge in [-0.3, -0.25) is 9.59 Å². The lowest BCUT2D eigenvalue weighted by Gasteiger charge is -2.18. The van der Waals surface area contributed by atoms with Crippen molar-refractivity contribution < 1.29 is 9.59 Å². The molecule has 3 rings (SSSR count). The topological polar surface area (TPSA) is 49.4 Å². The maximum Gasteiger partial charge on any atom is 0.239 e. The average Bonchev–Trinajstić information content (AvgIpc) is 2.99. The molecule has 25 heavy (non-hydrogen) atoms. The lowest BCUT2D eigenvalue weighted by molar-refractivity contribution is -0.129. The van der Waals surface area contributed by atoms with Crippen LogP contribution in [-0.2, 0) is 15.3 Å². The number of benzene rings is 2. The average molecular weight is 419 g/mol. The van der Waals surface area contributed by atoms with Crippen molar-refractivity contribution in [3.05, 3.63) is 58.6 Å². The highest BCUT2D eigenvalue weighted by Crippen LogP contribution is 2.31. The van der Waals surface area contributed by atoms with Gasteiger partial charge >= 0.3 is 0 Å². The number of carbonyl (C=O) groups excluding carboxylic acids is 2. The highest BCUT2D eigenvalue weighted by Gasteiger charge is 2.38. The van der Waals surface area contributed by atoms with Crippen LogP contribution in [0.3, 0.4) is 0 Å². The van der Waals surface area contributed by atoms with Crippen molar-refractivity contribution in [3.8, 4) is 0 Å². The summed E-state index contributed by atoms with van der Waals surface area (Å²) in [5, 5.41) is 2.87. The Bertz CT molecular complexity index is 779. The predicted octanol–water partition coefficient (Wildman–Crippen LogP) is 4.30. The second-order valence-corrected chi connectivity index (χ2v) is 7.62. The third kappa shape index (κ3) is 4.07. The summed E-state index contributed by atoms with van der Waals surface area (Å²) in [6, 6.07) is 15.3. The largest absolute Gasteiger partial charge is 0.325 e. The van der Waals surface area contributed by atoms with E-state index in [2.05, 4.69) is 27.5 Å². The van der Waals surface area contributed by atoms with Gasteiger partial charge in [-0.1, -0.05) is 24.3 Å². The molecule has 0 aliphatic carbocycles. The monoisotopic (exact) mass is 418 g/mol. The molecule has 0 aromatic heterocycles. The quantitative estimate of drug-likeness (QED) is 0.736. The molecule has 1 saturated heterocycles. The number of anilines is 2. The molecule has 0 radical (unpaired) electrons. The summed E-state index contributed by atoms with van der Waals surface area (Å²) in [5.74, 6) is -0.0884. The number of amides is 2. The van der Waals surface area contributed by atoms with Crippen molar-refractivity contribution in [2.75, 3.05) is 23.0 Å². The molecular weight excluding hydrogens is 400 g/mol. The molecule has 2 aromatic carbocycles. The van der Waals surface area contributed by atoms with Gasteiger partial charge in [0.25, 0.3) is 0 Å². The summed E-state index contributed by atoms with van der Waals surface area (Å²) >= 11 is 5.22. The van der Waals surface area contributed by atoms with E-state index in [1.54, 1.807) is 16.7 Å². The number of hydrogen-bond donors (Lipinski definition) is 1.